The highest BCUT2D eigenvalue weighted by atomic mass is 35.6. The molecule has 0 aromatic rings. The van der Waals surface area contributed by atoms with Crippen molar-refractivity contribution >= 4 is 18.5 Å². The zero-order valence-electron chi connectivity index (χ0n) is 8.42. The molecule has 4 nitrogen and oxygen atoms in total. The molecule has 0 spiro atoms. The molecule has 0 aliphatic heterocycles. The molecule has 0 aromatic heterocycles. The highest BCUT2D eigenvalue weighted by Gasteiger charge is 2.20. The molecule has 0 rings (SSSR count). The maximum atomic E-state index is 8.34. The van der Waals surface area contributed by atoms with Gasteiger partial charge in [0.25, 0.3) is 0 Å². The topological polar surface area (TPSA) is 86.7 Å². The van der Waals surface area contributed by atoms with E-state index in [9.17, 15) is 0 Å². The van der Waals surface area contributed by atoms with Crippen molar-refractivity contribution in [2.24, 2.45) is 5.73 Å². The fourth-order valence-corrected chi connectivity index (χ4v) is 0.150. The minimum atomic E-state index is -1.21. The summed E-state index contributed by atoms with van der Waals surface area (Å²) in [6, 6.07) is 0. The fraction of sp³-hybridized carbons (Fsp3) is 1.00. The van der Waals surface area contributed by atoms with Crippen molar-refractivity contribution in [2.45, 2.75) is 25.2 Å². The summed E-state index contributed by atoms with van der Waals surface area (Å²) in [6.45, 7) is 5.07. The van der Waals surface area contributed by atoms with Crippen molar-refractivity contribution in [3.8, 4) is 0 Å². The lowest BCUT2D eigenvalue weighted by Gasteiger charge is -2.20. The number of nitrogens with two attached hydrogens (primary N) is 1. The van der Waals surface area contributed by atoms with E-state index in [2.05, 4.69) is 19.6 Å². The van der Waals surface area contributed by atoms with Crippen molar-refractivity contribution in [3.63, 3.8) is 0 Å². The first kappa shape index (κ1) is 15.8. The smallest absolute Gasteiger partial charge is 0.147 e. The predicted molar refractivity (Wildman–Crippen MR) is 57.4 cm³/mol. The molecule has 0 saturated heterocycles. The largest absolute Gasteiger partial charge is 0.394 e. The molecule has 0 amide bonds. The van der Waals surface area contributed by atoms with Gasteiger partial charge in [0, 0.05) is 0 Å². The Kier molecular flexibility index (Phi) is 8.20. The van der Waals surface area contributed by atoms with Crippen LogP contribution in [-0.4, -0.2) is 48.1 Å². The van der Waals surface area contributed by atoms with Gasteiger partial charge in [-0.05, 0) is 0 Å². The highest BCUT2D eigenvalue weighted by Crippen LogP contribution is 2.03. The molecule has 0 atom stereocenters. The molecular weight excluding hydrogens is 210 g/mol. The van der Waals surface area contributed by atoms with E-state index < -0.39 is 32.7 Å². The second-order valence-corrected chi connectivity index (χ2v) is 11.4. The molecule has 0 unspecified atom stereocenters. The SMILES string of the molecule is C[Si](C)(C)Cl.NC(CO)(CO)CO. The van der Waals surface area contributed by atoms with Crippen LogP contribution in [0.4, 0.5) is 0 Å². The van der Waals surface area contributed by atoms with Crippen molar-refractivity contribution < 1.29 is 15.3 Å². The van der Waals surface area contributed by atoms with Crippen LogP contribution in [0.2, 0.25) is 19.6 Å². The molecule has 82 valence electrons. The molecular formula is C7H20ClNO3Si. The van der Waals surface area contributed by atoms with Crippen molar-refractivity contribution in [1.82, 2.24) is 0 Å². The highest BCUT2D eigenvalue weighted by molar-refractivity contribution is 7.18. The maximum Gasteiger partial charge on any atom is 0.147 e. The molecule has 0 aliphatic rings. The lowest BCUT2D eigenvalue weighted by atomic mass is 10.1. The monoisotopic (exact) mass is 229 g/mol. The Morgan fingerprint density at radius 1 is 1.08 bits per heavy atom. The van der Waals surface area contributed by atoms with E-state index in [0.29, 0.717) is 0 Å². The summed E-state index contributed by atoms with van der Waals surface area (Å²) in [7, 11) is -1.14. The molecule has 0 aliphatic carbocycles. The molecule has 0 saturated carbocycles. The van der Waals surface area contributed by atoms with E-state index in [0.717, 1.165) is 0 Å². The zero-order chi connectivity index (χ0) is 11.1. The van der Waals surface area contributed by atoms with E-state index in [1.54, 1.807) is 0 Å². The van der Waals surface area contributed by atoms with Crippen LogP contribution in [0.3, 0.4) is 0 Å². The second-order valence-electron chi connectivity index (χ2n) is 3.90. The summed E-state index contributed by atoms with van der Waals surface area (Å²) in [5.41, 5.74) is 3.94. The van der Waals surface area contributed by atoms with Gasteiger partial charge in [0.05, 0.1) is 25.4 Å². The summed E-state index contributed by atoms with van der Waals surface area (Å²) in [4.78, 5) is 0. The van der Waals surface area contributed by atoms with Gasteiger partial charge in [-0.1, -0.05) is 19.6 Å². The summed E-state index contributed by atoms with van der Waals surface area (Å²) in [6.07, 6.45) is 0. The van der Waals surface area contributed by atoms with Crippen molar-refractivity contribution in [2.75, 3.05) is 19.8 Å². The summed E-state index contributed by atoms with van der Waals surface area (Å²) >= 11 is 5.67. The van der Waals surface area contributed by atoms with Crippen LogP contribution in [-0.2, 0) is 0 Å². The first-order valence-electron chi connectivity index (χ1n) is 3.99. The molecule has 0 fully saturated rings. The minimum Gasteiger partial charge on any atom is -0.394 e. The van der Waals surface area contributed by atoms with E-state index in [4.69, 9.17) is 32.1 Å². The van der Waals surface area contributed by atoms with E-state index >= 15 is 0 Å². The quantitative estimate of drug-likeness (QED) is 0.396. The first-order chi connectivity index (χ1) is 5.68. The molecule has 13 heavy (non-hydrogen) atoms. The van der Waals surface area contributed by atoms with Gasteiger partial charge in [0.1, 0.15) is 7.38 Å². The number of hydrogen-bond acceptors (Lipinski definition) is 4. The lowest BCUT2D eigenvalue weighted by Crippen LogP contribution is -2.50. The van der Waals surface area contributed by atoms with Crippen LogP contribution < -0.4 is 5.73 Å². The van der Waals surface area contributed by atoms with Gasteiger partial charge >= 0.3 is 0 Å². The normalized spacial score (nSPS) is 12.0. The predicted octanol–water partition coefficient (Wildman–Crippen LogP) is -0.279. The molecule has 0 aromatic carbocycles. The van der Waals surface area contributed by atoms with Crippen LogP contribution in [0.5, 0.6) is 0 Å². The van der Waals surface area contributed by atoms with Gasteiger partial charge in [0.2, 0.25) is 0 Å². The number of halogens is 1. The average molecular weight is 230 g/mol. The molecule has 0 heterocycles. The Balaban J connectivity index is 0. The minimum absolute atomic E-state index is 0.403. The van der Waals surface area contributed by atoms with Crippen molar-refractivity contribution in [3.05, 3.63) is 0 Å². The fourth-order valence-electron chi connectivity index (χ4n) is 0.150. The van der Waals surface area contributed by atoms with Crippen molar-refractivity contribution in [1.29, 1.82) is 0 Å². The van der Waals surface area contributed by atoms with Gasteiger partial charge in [-0.3, -0.25) is 0 Å². The van der Waals surface area contributed by atoms with Gasteiger partial charge in [-0.25, -0.2) is 0 Å². The van der Waals surface area contributed by atoms with Crippen LogP contribution in [0, 0.1) is 0 Å². The third-order valence-corrected chi connectivity index (χ3v) is 0.945. The summed E-state index contributed by atoms with van der Waals surface area (Å²) in [5, 5.41) is 25.0. The molecule has 6 heteroatoms. The zero-order valence-corrected chi connectivity index (χ0v) is 10.2. The Hall–Kier alpha value is 0.347. The number of aliphatic hydroxyl groups excluding tert-OH is 3. The van der Waals surface area contributed by atoms with Gasteiger partial charge in [0.15, 0.2) is 0 Å². The van der Waals surface area contributed by atoms with Crippen LogP contribution in [0.15, 0.2) is 0 Å². The number of rotatable bonds is 3. The van der Waals surface area contributed by atoms with Crippen LogP contribution in [0.1, 0.15) is 0 Å². The lowest BCUT2D eigenvalue weighted by molar-refractivity contribution is 0.0698. The standard InChI is InChI=1S/C4H11NO3.C3H9ClSi/c5-4(1-6,2-7)3-8;1-5(2,3)4/h6-8H,1-3,5H2;1-3H3. The third kappa shape index (κ3) is 15.1. The Labute approximate surface area is 85.0 Å². The van der Waals surface area contributed by atoms with Crippen LogP contribution >= 0.6 is 11.1 Å². The molecule has 0 bridgehead atoms. The van der Waals surface area contributed by atoms with Gasteiger partial charge in [-0.15, -0.1) is 0 Å². The Morgan fingerprint density at radius 2 is 1.23 bits per heavy atom. The molecule has 5 N–H and O–H groups in total. The number of aliphatic hydroxyl groups is 3. The second kappa shape index (κ2) is 6.75. The van der Waals surface area contributed by atoms with E-state index in [-0.39, 0.29) is 0 Å². The summed E-state index contributed by atoms with van der Waals surface area (Å²) < 4.78 is 0. The summed E-state index contributed by atoms with van der Waals surface area (Å²) in [5.74, 6) is 0. The Bertz CT molecular complexity index is 111. The molecule has 0 radical (unpaired) electrons. The van der Waals surface area contributed by atoms with E-state index in [1.165, 1.54) is 0 Å². The van der Waals surface area contributed by atoms with Gasteiger partial charge < -0.3 is 21.1 Å². The first-order valence-corrected chi connectivity index (χ1v) is 8.50. The average Bonchev–Trinajstić information content (AvgIpc) is 2.00. The third-order valence-electron chi connectivity index (χ3n) is 0.945. The van der Waals surface area contributed by atoms with E-state index in [1.807, 2.05) is 0 Å². The van der Waals surface area contributed by atoms with Crippen LogP contribution in [0.25, 0.3) is 0 Å². The maximum absolute atomic E-state index is 8.34. The number of hydrogen-bond donors (Lipinski definition) is 4. The Morgan fingerprint density at radius 3 is 1.23 bits per heavy atom. The van der Waals surface area contributed by atoms with Gasteiger partial charge in [-0.2, -0.15) is 11.1 Å².